The lowest BCUT2D eigenvalue weighted by molar-refractivity contribution is 0.0951. The minimum Gasteiger partial charge on any atom is -0.357 e. The van der Waals surface area contributed by atoms with E-state index in [1.165, 1.54) is 35.3 Å². The molecule has 0 atom stereocenters. The van der Waals surface area contributed by atoms with E-state index in [0.29, 0.717) is 22.7 Å². The fourth-order valence-corrected chi connectivity index (χ4v) is 5.77. The summed E-state index contributed by atoms with van der Waals surface area (Å²) in [5, 5.41) is 6.63. The molecule has 0 spiro atoms. The van der Waals surface area contributed by atoms with Gasteiger partial charge >= 0.3 is 0 Å². The molecule has 1 aliphatic heterocycles. The van der Waals surface area contributed by atoms with Gasteiger partial charge in [-0.3, -0.25) is 14.6 Å². The average Bonchev–Trinajstić information content (AvgIpc) is 3.51. The Labute approximate surface area is 197 Å². The van der Waals surface area contributed by atoms with E-state index in [9.17, 15) is 9.59 Å². The van der Waals surface area contributed by atoms with Crippen LogP contribution < -0.4 is 15.5 Å². The third-order valence-corrected chi connectivity index (χ3v) is 7.45. The van der Waals surface area contributed by atoms with E-state index in [1.54, 1.807) is 18.3 Å². The van der Waals surface area contributed by atoms with Crippen LogP contribution in [0.3, 0.4) is 0 Å². The summed E-state index contributed by atoms with van der Waals surface area (Å²) in [6.07, 6.45) is 11.4. The maximum absolute atomic E-state index is 13.3. The van der Waals surface area contributed by atoms with Crippen LogP contribution in [0.5, 0.6) is 0 Å². The number of pyridine rings is 2. The minimum atomic E-state index is -0.252. The van der Waals surface area contributed by atoms with Crippen molar-refractivity contribution in [3.8, 4) is 0 Å². The fourth-order valence-electron chi connectivity index (χ4n) is 4.49. The Morgan fingerprint density at radius 3 is 2.61 bits per heavy atom. The highest BCUT2D eigenvalue weighted by Gasteiger charge is 2.26. The second-order valence-corrected chi connectivity index (χ2v) is 9.62. The number of hydrogen-bond acceptors (Lipinski definition) is 6. The van der Waals surface area contributed by atoms with Gasteiger partial charge in [-0.15, -0.1) is 11.3 Å². The molecular weight excluding hydrogens is 434 g/mol. The highest BCUT2D eigenvalue weighted by Crippen LogP contribution is 2.38. The Hall–Kier alpha value is -3.26. The van der Waals surface area contributed by atoms with E-state index in [2.05, 4.69) is 25.5 Å². The molecule has 3 aromatic heterocycles. The summed E-state index contributed by atoms with van der Waals surface area (Å²) in [6, 6.07) is 7.49. The largest absolute Gasteiger partial charge is 0.357 e. The highest BCUT2D eigenvalue weighted by molar-refractivity contribution is 7.17. The van der Waals surface area contributed by atoms with Crippen molar-refractivity contribution in [2.24, 2.45) is 0 Å². The quantitative estimate of drug-likeness (QED) is 0.575. The number of anilines is 2. The molecule has 0 bridgehead atoms. The molecule has 33 heavy (non-hydrogen) atoms. The van der Waals surface area contributed by atoms with Crippen LogP contribution in [0.4, 0.5) is 10.8 Å². The second-order valence-electron chi connectivity index (χ2n) is 8.51. The predicted molar refractivity (Wildman–Crippen MR) is 130 cm³/mol. The molecule has 2 amide bonds. The number of nitrogens with zero attached hydrogens (tertiary/aromatic N) is 3. The van der Waals surface area contributed by atoms with Crippen LogP contribution in [0.25, 0.3) is 0 Å². The van der Waals surface area contributed by atoms with Crippen molar-refractivity contribution in [3.05, 3.63) is 70.0 Å². The van der Waals surface area contributed by atoms with Gasteiger partial charge in [0.05, 0.1) is 11.1 Å². The van der Waals surface area contributed by atoms with Crippen molar-refractivity contribution in [1.82, 2.24) is 15.3 Å². The third kappa shape index (κ3) is 4.75. The first-order valence-electron chi connectivity index (χ1n) is 11.5. The van der Waals surface area contributed by atoms with Gasteiger partial charge in [0.2, 0.25) is 0 Å². The third-order valence-electron chi connectivity index (χ3n) is 6.24. The monoisotopic (exact) mass is 461 g/mol. The van der Waals surface area contributed by atoms with Crippen molar-refractivity contribution in [2.75, 3.05) is 23.3 Å². The van der Waals surface area contributed by atoms with Gasteiger partial charge in [0, 0.05) is 43.1 Å². The van der Waals surface area contributed by atoms with Crippen LogP contribution in [0.2, 0.25) is 0 Å². The van der Waals surface area contributed by atoms with Crippen LogP contribution in [0.15, 0.2) is 42.9 Å². The number of hydrogen-bond donors (Lipinski definition) is 2. The van der Waals surface area contributed by atoms with Gasteiger partial charge in [-0.2, -0.15) is 0 Å². The molecule has 2 aliphatic rings. The second kappa shape index (κ2) is 9.70. The number of nitrogens with one attached hydrogen (secondary N) is 2. The molecule has 4 heterocycles. The summed E-state index contributed by atoms with van der Waals surface area (Å²) < 4.78 is 0. The van der Waals surface area contributed by atoms with Gasteiger partial charge in [-0.1, -0.05) is 6.07 Å². The standard InChI is InChI=1S/C25H27N5O2S/c31-23(18-6-5-11-26-16-18)29-25-22(19-7-1-2-8-20(19)33-25)24(32)28-15-17-9-10-21(27-14-17)30-12-3-4-13-30/h5-6,9-11,14,16H,1-4,7-8,12-13,15H2,(H,28,32)(H,29,31). The van der Waals surface area contributed by atoms with E-state index in [1.807, 2.05) is 18.3 Å². The molecule has 0 radical (unpaired) electrons. The Bertz CT molecular complexity index is 1140. The normalized spacial score (nSPS) is 15.2. The van der Waals surface area contributed by atoms with E-state index < -0.39 is 0 Å². The lowest BCUT2D eigenvalue weighted by Crippen LogP contribution is -2.26. The van der Waals surface area contributed by atoms with Gasteiger partial charge in [0.15, 0.2) is 0 Å². The number of carbonyl (C=O) groups is 2. The summed E-state index contributed by atoms with van der Waals surface area (Å²) in [5.74, 6) is 0.590. The molecule has 2 N–H and O–H groups in total. The first kappa shape index (κ1) is 21.6. The van der Waals surface area contributed by atoms with E-state index in [0.717, 1.165) is 55.7 Å². The molecule has 1 saturated heterocycles. The molecule has 7 nitrogen and oxygen atoms in total. The van der Waals surface area contributed by atoms with Crippen molar-refractivity contribution >= 4 is 34.0 Å². The molecule has 1 aliphatic carbocycles. The number of thiophene rings is 1. The number of aryl methyl sites for hydroxylation is 1. The van der Waals surface area contributed by atoms with E-state index in [-0.39, 0.29) is 11.8 Å². The molecular formula is C25H27N5O2S. The summed E-state index contributed by atoms with van der Waals surface area (Å²) in [4.78, 5) is 38.1. The number of carbonyl (C=O) groups excluding carboxylic acids is 2. The fraction of sp³-hybridized carbons (Fsp3) is 0.360. The van der Waals surface area contributed by atoms with E-state index in [4.69, 9.17) is 0 Å². The molecule has 8 heteroatoms. The Morgan fingerprint density at radius 1 is 1.00 bits per heavy atom. The first-order chi connectivity index (χ1) is 16.2. The van der Waals surface area contributed by atoms with Gasteiger partial charge in [-0.25, -0.2) is 4.98 Å². The maximum Gasteiger partial charge on any atom is 0.257 e. The molecule has 1 fully saturated rings. The van der Waals surface area contributed by atoms with Gasteiger partial charge < -0.3 is 15.5 Å². The van der Waals surface area contributed by atoms with Crippen LogP contribution in [-0.4, -0.2) is 34.9 Å². The van der Waals surface area contributed by atoms with E-state index >= 15 is 0 Å². The van der Waals surface area contributed by atoms with Gasteiger partial charge in [0.25, 0.3) is 11.8 Å². The van der Waals surface area contributed by atoms with Crippen molar-refractivity contribution < 1.29 is 9.59 Å². The average molecular weight is 462 g/mol. The van der Waals surface area contributed by atoms with Crippen molar-refractivity contribution in [3.63, 3.8) is 0 Å². The summed E-state index contributed by atoms with van der Waals surface area (Å²) in [5.41, 5.74) is 3.11. The lowest BCUT2D eigenvalue weighted by atomic mass is 9.95. The summed E-state index contributed by atoms with van der Waals surface area (Å²) in [6.45, 7) is 2.51. The zero-order valence-corrected chi connectivity index (χ0v) is 19.3. The Balaban J connectivity index is 1.31. The molecule has 0 saturated carbocycles. The predicted octanol–water partition coefficient (Wildman–Crippen LogP) is 4.20. The van der Waals surface area contributed by atoms with Crippen LogP contribution in [0, 0.1) is 0 Å². The zero-order chi connectivity index (χ0) is 22.6. The van der Waals surface area contributed by atoms with Crippen LogP contribution in [0.1, 0.15) is 62.4 Å². The maximum atomic E-state index is 13.3. The van der Waals surface area contributed by atoms with Gasteiger partial charge in [-0.05, 0) is 67.9 Å². The SMILES string of the molecule is O=C(Nc1sc2c(c1C(=O)NCc1ccc(N3CCCC3)nc1)CCCC2)c1cccnc1. The van der Waals surface area contributed by atoms with Crippen LogP contribution in [-0.2, 0) is 19.4 Å². The summed E-state index contributed by atoms with van der Waals surface area (Å²) in [7, 11) is 0. The van der Waals surface area contributed by atoms with Crippen molar-refractivity contribution in [2.45, 2.75) is 45.1 Å². The molecule has 3 aromatic rings. The minimum absolute atomic E-state index is 0.153. The molecule has 5 rings (SSSR count). The first-order valence-corrected chi connectivity index (χ1v) is 12.3. The summed E-state index contributed by atoms with van der Waals surface area (Å²) >= 11 is 1.52. The highest BCUT2D eigenvalue weighted by atomic mass is 32.1. The smallest absolute Gasteiger partial charge is 0.257 e. The van der Waals surface area contributed by atoms with Gasteiger partial charge in [0.1, 0.15) is 10.8 Å². The molecule has 0 unspecified atom stereocenters. The topological polar surface area (TPSA) is 87.2 Å². The Morgan fingerprint density at radius 2 is 1.85 bits per heavy atom. The Kier molecular flexibility index (Phi) is 6.35. The molecule has 170 valence electrons. The number of amides is 2. The number of aromatic nitrogens is 2. The number of fused-ring (bicyclic) bond motifs is 1. The number of rotatable bonds is 6. The lowest BCUT2D eigenvalue weighted by Gasteiger charge is -2.16. The zero-order valence-electron chi connectivity index (χ0n) is 18.5. The van der Waals surface area contributed by atoms with Crippen molar-refractivity contribution in [1.29, 1.82) is 0 Å². The van der Waals surface area contributed by atoms with Crippen LogP contribution >= 0.6 is 11.3 Å². The molecule has 0 aromatic carbocycles.